The summed E-state index contributed by atoms with van der Waals surface area (Å²) in [6.45, 7) is 1.49. The molecule has 1 aliphatic heterocycles. The first kappa shape index (κ1) is 13.2. The summed E-state index contributed by atoms with van der Waals surface area (Å²) in [5.74, 6) is 0.119. The zero-order valence-electron chi connectivity index (χ0n) is 10.7. The molecule has 2 atom stereocenters. The van der Waals surface area contributed by atoms with Crippen molar-refractivity contribution in [2.24, 2.45) is 0 Å². The van der Waals surface area contributed by atoms with E-state index >= 15 is 0 Å². The van der Waals surface area contributed by atoms with Crippen molar-refractivity contribution in [3.05, 3.63) is 24.0 Å². The quantitative estimate of drug-likeness (QED) is 0.623. The Morgan fingerprint density at radius 3 is 2.94 bits per heavy atom. The number of hydrogen-bond acceptors (Lipinski definition) is 4. The fourth-order valence-corrected chi connectivity index (χ4v) is 2.35. The van der Waals surface area contributed by atoms with Crippen LogP contribution in [0.2, 0.25) is 0 Å². The maximum Gasteiger partial charge on any atom is 0.186 e. The lowest BCUT2D eigenvalue weighted by Gasteiger charge is -2.17. The maximum absolute atomic E-state index is 13.2. The summed E-state index contributed by atoms with van der Waals surface area (Å²) in [5, 5.41) is 0. The summed E-state index contributed by atoms with van der Waals surface area (Å²) in [6, 6.07) is 4.64. The Bertz CT molecular complexity index is 399. The van der Waals surface area contributed by atoms with Crippen LogP contribution in [0.4, 0.5) is 10.1 Å². The molecule has 6 heteroatoms. The number of nitrogens with two attached hydrogens (primary N) is 1. The highest BCUT2D eigenvalue weighted by atomic mass is 19.1. The fraction of sp³-hybridized carbons (Fsp3) is 0.500. The highest BCUT2D eigenvalue weighted by Gasteiger charge is 2.30. The molecule has 1 aromatic carbocycles. The van der Waals surface area contributed by atoms with Crippen LogP contribution < -0.4 is 10.5 Å². The van der Waals surface area contributed by atoms with Crippen LogP contribution in [0.3, 0.4) is 0 Å². The van der Waals surface area contributed by atoms with Crippen molar-refractivity contribution >= 4 is 13.7 Å². The number of ether oxygens (including phenoxy) is 2. The third kappa shape index (κ3) is 3.14. The zero-order valence-corrected chi connectivity index (χ0v) is 10.7. The molecule has 0 radical (unpaired) electrons. The topological polar surface area (TPSA) is 47.7 Å². The molecule has 0 amide bonds. The number of hydrogen-bond donors (Lipinski definition) is 1. The third-order valence-electron chi connectivity index (χ3n) is 3.21. The van der Waals surface area contributed by atoms with Crippen LogP contribution >= 0.6 is 0 Å². The van der Waals surface area contributed by atoms with Crippen molar-refractivity contribution < 1.29 is 13.9 Å². The van der Waals surface area contributed by atoms with Gasteiger partial charge in [0.15, 0.2) is 7.98 Å². The molecule has 1 aromatic rings. The smallest absolute Gasteiger partial charge is 0.186 e. The molecule has 2 N–H and O–H groups in total. The second-order valence-corrected chi connectivity index (χ2v) is 4.74. The summed E-state index contributed by atoms with van der Waals surface area (Å²) in [4.78, 5) is 2.19. The average Bonchev–Trinajstić information content (AvgIpc) is 2.58. The molecule has 0 bridgehead atoms. The molecule has 0 spiro atoms. The number of methoxy groups -OCH3 is 1. The van der Waals surface area contributed by atoms with Crippen molar-refractivity contribution in [3.63, 3.8) is 0 Å². The number of nitrogens with zero attached hydrogens (tertiary/aromatic N) is 1. The van der Waals surface area contributed by atoms with Gasteiger partial charge in [0.1, 0.15) is 17.7 Å². The van der Waals surface area contributed by atoms with Crippen LogP contribution in [-0.2, 0) is 4.74 Å². The van der Waals surface area contributed by atoms with Crippen molar-refractivity contribution in [2.45, 2.75) is 18.6 Å². The van der Waals surface area contributed by atoms with Crippen LogP contribution in [0.25, 0.3) is 0 Å². The van der Waals surface area contributed by atoms with Crippen LogP contribution in [0.1, 0.15) is 6.42 Å². The molecule has 0 aromatic heterocycles. The summed E-state index contributed by atoms with van der Waals surface area (Å²) in [6.07, 6.45) is 0.928. The number of nitrogen functional groups attached to an aromatic ring is 1. The monoisotopic (exact) mass is 252 g/mol. The molecular weight excluding hydrogens is 234 g/mol. The van der Waals surface area contributed by atoms with Crippen LogP contribution in [0, 0.1) is 5.82 Å². The number of halogens is 1. The molecule has 1 heterocycles. The molecule has 1 fully saturated rings. The van der Waals surface area contributed by atoms with E-state index in [1.807, 2.05) is 7.98 Å². The van der Waals surface area contributed by atoms with E-state index in [1.165, 1.54) is 12.1 Å². The SMILES string of the molecule is BN1C[C@H](Oc2cc(N)cc(F)c2)C[C@H]1COC. The predicted octanol–water partition coefficient (Wildman–Crippen LogP) is 0.424. The van der Waals surface area contributed by atoms with Gasteiger partial charge in [-0.05, 0) is 6.07 Å². The Hall–Kier alpha value is -1.27. The van der Waals surface area contributed by atoms with Crippen molar-refractivity contribution in [3.8, 4) is 5.75 Å². The molecule has 1 aliphatic rings. The average molecular weight is 252 g/mol. The van der Waals surface area contributed by atoms with E-state index in [9.17, 15) is 4.39 Å². The van der Waals surface area contributed by atoms with Crippen LogP contribution in [0.5, 0.6) is 5.75 Å². The van der Waals surface area contributed by atoms with Crippen LogP contribution in [-0.4, -0.2) is 45.2 Å². The Balaban J connectivity index is 1.98. The zero-order chi connectivity index (χ0) is 13.1. The second kappa shape index (κ2) is 5.58. The lowest BCUT2D eigenvalue weighted by molar-refractivity contribution is 0.148. The van der Waals surface area contributed by atoms with Gasteiger partial charge in [-0.1, -0.05) is 0 Å². The molecular formula is C12H18BFN2O2. The maximum atomic E-state index is 13.2. The van der Waals surface area contributed by atoms with E-state index in [-0.39, 0.29) is 11.9 Å². The van der Waals surface area contributed by atoms with Gasteiger partial charge in [0.25, 0.3) is 0 Å². The van der Waals surface area contributed by atoms with Gasteiger partial charge in [-0.25, -0.2) is 4.39 Å². The van der Waals surface area contributed by atoms with Gasteiger partial charge in [-0.3, -0.25) is 0 Å². The molecule has 18 heavy (non-hydrogen) atoms. The first-order valence-electron chi connectivity index (χ1n) is 6.00. The van der Waals surface area contributed by atoms with Crippen molar-refractivity contribution in [1.29, 1.82) is 0 Å². The van der Waals surface area contributed by atoms with Gasteiger partial charge in [0.2, 0.25) is 0 Å². The molecule has 2 rings (SSSR count). The summed E-state index contributed by atoms with van der Waals surface area (Å²) < 4.78 is 24.1. The van der Waals surface area contributed by atoms with E-state index in [2.05, 4.69) is 4.81 Å². The van der Waals surface area contributed by atoms with Crippen LogP contribution in [0.15, 0.2) is 18.2 Å². The Labute approximate surface area is 107 Å². The molecule has 0 aliphatic carbocycles. The van der Waals surface area contributed by atoms with E-state index in [4.69, 9.17) is 15.2 Å². The standard InChI is InChI=1S/C12H18BFN2O2/c1-17-7-10-5-12(6-16(10)13)18-11-3-8(14)2-9(15)4-11/h2-4,10,12H,5-7,13,15H2,1H3/t10-,12+/m0/s1. The molecule has 0 saturated carbocycles. The first-order valence-corrected chi connectivity index (χ1v) is 6.00. The van der Waals surface area contributed by atoms with Gasteiger partial charge < -0.3 is 20.0 Å². The summed E-state index contributed by atoms with van der Waals surface area (Å²) >= 11 is 0. The minimum atomic E-state index is -0.371. The summed E-state index contributed by atoms with van der Waals surface area (Å²) in [5.41, 5.74) is 5.96. The van der Waals surface area contributed by atoms with Crippen molar-refractivity contribution in [1.82, 2.24) is 4.81 Å². The molecule has 4 nitrogen and oxygen atoms in total. The van der Waals surface area contributed by atoms with Gasteiger partial charge in [-0.2, -0.15) is 0 Å². The lowest BCUT2D eigenvalue weighted by Crippen LogP contribution is -2.30. The largest absolute Gasteiger partial charge is 0.489 e. The Kier molecular flexibility index (Phi) is 4.09. The van der Waals surface area contributed by atoms with Gasteiger partial charge in [0.05, 0.1) is 6.61 Å². The normalized spacial score (nSPS) is 24.3. The van der Waals surface area contributed by atoms with E-state index in [1.54, 1.807) is 13.2 Å². The summed E-state index contributed by atoms with van der Waals surface area (Å²) in [7, 11) is 3.72. The minimum absolute atomic E-state index is 0.0522. The predicted molar refractivity (Wildman–Crippen MR) is 70.8 cm³/mol. The number of anilines is 1. The van der Waals surface area contributed by atoms with E-state index in [0.717, 1.165) is 13.0 Å². The molecule has 98 valence electrons. The third-order valence-corrected chi connectivity index (χ3v) is 3.21. The first-order chi connectivity index (χ1) is 8.58. The second-order valence-electron chi connectivity index (χ2n) is 4.74. The molecule has 1 saturated heterocycles. The highest BCUT2D eigenvalue weighted by Crippen LogP contribution is 2.24. The molecule has 0 unspecified atom stereocenters. The van der Waals surface area contributed by atoms with Gasteiger partial charge in [0, 0.05) is 43.9 Å². The lowest BCUT2D eigenvalue weighted by atomic mass is 10.2. The van der Waals surface area contributed by atoms with E-state index < -0.39 is 0 Å². The fourth-order valence-electron chi connectivity index (χ4n) is 2.35. The number of rotatable bonds is 4. The Morgan fingerprint density at radius 1 is 1.50 bits per heavy atom. The van der Waals surface area contributed by atoms with E-state index in [0.29, 0.717) is 24.1 Å². The highest BCUT2D eigenvalue weighted by molar-refractivity contribution is 6.04. The minimum Gasteiger partial charge on any atom is -0.489 e. The Morgan fingerprint density at radius 2 is 2.28 bits per heavy atom. The van der Waals surface area contributed by atoms with Crippen molar-refractivity contribution in [2.75, 3.05) is 26.0 Å². The van der Waals surface area contributed by atoms with Gasteiger partial charge in [-0.15, -0.1) is 0 Å². The van der Waals surface area contributed by atoms with Gasteiger partial charge >= 0.3 is 0 Å². The number of benzene rings is 1.